The van der Waals surface area contributed by atoms with E-state index in [1.165, 1.54) is 12.8 Å². The number of halogens is 1. The van der Waals surface area contributed by atoms with Gasteiger partial charge in [0.1, 0.15) is 0 Å². The first-order valence-electron chi connectivity index (χ1n) is 7.98. The standard InChI is InChI=1S/C14H26N2O3S.ClH/c17-20(18,11-13-3-2-10-19-13)16-8-5-12(6-9-16)14-4-1-7-15-14;/h12-15H,1-11H2;1H. The third kappa shape index (κ3) is 4.32. The highest BCUT2D eigenvalue weighted by atomic mass is 35.5. The molecule has 0 bridgehead atoms. The minimum absolute atomic E-state index is 0. The Labute approximate surface area is 134 Å². The number of nitrogens with one attached hydrogen (secondary N) is 1. The molecule has 0 aromatic carbocycles. The number of nitrogens with zero attached hydrogens (tertiary/aromatic N) is 1. The summed E-state index contributed by atoms with van der Waals surface area (Å²) in [6.45, 7) is 3.23. The molecule has 0 amide bonds. The predicted molar refractivity (Wildman–Crippen MR) is 85.3 cm³/mol. The Morgan fingerprint density at radius 1 is 1.10 bits per heavy atom. The molecule has 0 spiro atoms. The van der Waals surface area contributed by atoms with E-state index in [0.29, 0.717) is 25.0 Å². The number of sulfonamides is 1. The van der Waals surface area contributed by atoms with Crippen LogP contribution in [0.4, 0.5) is 0 Å². The lowest BCUT2D eigenvalue weighted by Crippen LogP contribution is -2.45. The highest BCUT2D eigenvalue weighted by molar-refractivity contribution is 7.89. The molecule has 0 radical (unpaired) electrons. The summed E-state index contributed by atoms with van der Waals surface area (Å²) in [7, 11) is -3.13. The van der Waals surface area contributed by atoms with Gasteiger partial charge in [-0.2, -0.15) is 0 Å². The maximum absolute atomic E-state index is 12.4. The smallest absolute Gasteiger partial charge is 0.216 e. The second-order valence-electron chi connectivity index (χ2n) is 6.35. The largest absolute Gasteiger partial charge is 0.377 e. The van der Waals surface area contributed by atoms with Gasteiger partial charge in [-0.25, -0.2) is 12.7 Å². The van der Waals surface area contributed by atoms with Crippen LogP contribution in [0.1, 0.15) is 38.5 Å². The molecule has 1 N–H and O–H groups in total. The summed E-state index contributed by atoms with van der Waals surface area (Å²) in [5.74, 6) is 0.839. The van der Waals surface area contributed by atoms with Crippen LogP contribution in [0.5, 0.6) is 0 Å². The summed E-state index contributed by atoms with van der Waals surface area (Å²) in [6.07, 6.45) is 6.34. The Morgan fingerprint density at radius 2 is 1.86 bits per heavy atom. The van der Waals surface area contributed by atoms with E-state index in [-0.39, 0.29) is 24.3 Å². The van der Waals surface area contributed by atoms with Gasteiger partial charge in [0.05, 0.1) is 11.9 Å². The maximum atomic E-state index is 12.4. The van der Waals surface area contributed by atoms with Crippen LogP contribution in [0.2, 0.25) is 0 Å². The van der Waals surface area contributed by atoms with Crippen LogP contribution in [0, 0.1) is 5.92 Å². The van der Waals surface area contributed by atoms with E-state index in [9.17, 15) is 8.42 Å². The third-order valence-corrected chi connectivity index (χ3v) is 6.92. The van der Waals surface area contributed by atoms with Crippen LogP contribution in [-0.2, 0) is 14.8 Å². The SMILES string of the molecule is Cl.O=S(=O)(CC1CCCO1)N1CCC(C2CCCN2)CC1. The topological polar surface area (TPSA) is 58.6 Å². The summed E-state index contributed by atoms with van der Waals surface area (Å²) in [5, 5.41) is 3.55. The molecule has 124 valence electrons. The fourth-order valence-corrected chi connectivity index (χ4v) is 5.50. The summed E-state index contributed by atoms with van der Waals surface area (Å²) in [6, 6.07) is 0.623. The lowest BCUT2D eigenvalue weighted by molar-refractivity contribution is 0.125. The quantitative estimate of drug-likeness (QED) is 0.841. The van der Waals surface area contributed by atoms with Crippen molar-refractivity contribution in [2.24, 2.45) is 5.92 Å². The highest BCUT2D eigenvalue weighted by Crippen LogP contribution is 2.27. The summed E-state index contributed by atoms with van der Waals surface area (Å²) >= 11 is 0. The first-order chi connectivity index (χ1) is 9.65. The number of rotatable bonds is 4. The molecular formula is C14H27ClN2O3S. The number of hydrogen-bond donors (Lipinski definition) is 1. The van der Waals surface area contributed by atoms with E-state index in [1.54, 1.807) is 4.31 Å². The molecule has 3 rings (SSSR count). The molecule has 3 aliphatic heterocycles. The molecule has 0 aromatic heterocycles. The van der Waals surface area contributed by atoms with Gasteiger partial charge in [0.2, 0.25) is 10.0 Å². The van der Waals surface area contributed by atoms with E-state index in [0.717, 1.165) is 38.8 Å². The Bertz CT molecular complexity index is 412. The molecule has 3 fully saturated rings. The number of piperidine rings is 1. The molecule has 3 heterocycles. The van der Waals surface area contributed by atoms with Gasteiger partial charge >= 0.3 is 0 Å². The van der Waals surface area contributed by atoms with Gasteiger partial charge in [-0.1, -0.05) is 0 Å². The first-order valence-corrected chi connectivity index (χ1v) is 9.59. The lowest BCUT2D eigenvalue weighted by Gasteiger charge is -2.34. The second-order valence-corrected chi connectivity index (χ2v) is 8.37. The molecule has 7 heteroatoms. The average molecular weight is 339 g/mol. The average Bonchev–Trinajstić information content (AvgIpc) is 3.11. The Balaban J connectivity index is 0.00000161. The third-order valence-electron chi connectivity index (χ3n) is 4.98. The van der Waals surface area contributed by atoms with Crippen molar-refractivity contribution in [1.82, 2.24) is 9.62 Å². The van der Waals surface area contributed by atoms with Crippen molar-refractivity contribution in [2.45, 2.75) is 50.7 Å². The summed E-state index contributed by atoms with van der Waals surface area (Å²) in [4.78, 5) is 0. The van der Waals surface area contributed by atoms with Gasteiger partial charge in [-0.05, 0) is 51.0 Å². The molecule has 0 saturated carbocycles. The van der Waals surface area contributed by atoms with Crippen LogP contribution in [0.15, 0.2) is 0 Å². The lowest BCUT2D eigenvalue weighted by atomic mass is 9.89. The molecule has 21 heavy (non-hydrogen) atoms. The van der Waals surface area contributed by atoms with Gasteiger partial charge in [0, 0.05) is 25.7 Å². The van der Waals surface area contributed by atoms with E-state index < -0.39 is 10.0 Å². The maximum Gasteiger partial charge on any atom is 0.216 e. The van der Waals surface area contributed by atoms with Crippen molar-refractivity contribution in [1.29, 1.82) is 0 Å². The molecule has 3 aliphatic rings. The zero-order valence-corrected chi connectivity index (χ0v) is 14.1. The van der Waals surface area contributed by atoms with Crippen molar-refractivity contribution < 1.29 is 13.2 Å². The number of hydrogen-bond acceptors (Lipinski definition) is 4. The van der Waals surface area contributed by atoms with Crippen molar-refractivity contribution >= 4 is 22.4 Å². The van der Waals surface area contributed by atoms with E-state index in [1.807, 2.05) is 0 Å². The van der Waals surface area contributed by atoms with Crippen LogP contribution in [0.25, 0.3) is 0 Å². The van der Waals surface area contributed by atoms with Crippen LogP contribution in [0.3, 0.4) is 0 Å². The fraction of sp³-hybridized carbons (Fsp3) is 1.00. The zero-order chi connectivity index (χ0) is 14.0. The molecule has 3 saturated heterocycles. The first kappa shape index (κ1) is 17.5. The van der Waals surface area contributed by atoms with Gasteiger partial charge in [0.25, 0.3) is 0 Å². The van der Waals surface area contributed by atoms with Crippen molar-refractivity contribution in [3.05, 3.63) is 0 Å². The van der Waals surface area contributed by atoms with Gasteiger partial charge < -0.3 is 10.1 Å². The Kier molecular flexibility index (Phi) is 6.32. The van der Waals surface area contributed by atoms with Crippen LogP contribution < -0.4 is 5.32 Å². The Hall–Kier alpha value is 0.120. The summed E-state index contributed by atoms with van der Waals surface area (Å²) < 4.78 is 32.0. The molecule has 2 unspecified atom stereocenters. The monoisotopic (exact) mass is 338 g/mol. The van der Waals surface area contributed by atoms with Crippen LogP contribution >= 0.6 is 12.4 Å². The predicted octanol–water partition coefficient (Wildman–Crippen LogP) is 1.38. The van der Waals surface area contributed by atoms with Gasteiger partial charge in [-0.15, -0.1) is 12.4 Å². The fourth-order valence-electron chi connectivity index (χ4n) is 3.79. The highest BCUT2D eigenvalue weighted by Gasteiger charge is 2.34. The van der Waals surface area contributed by atoms with Crippen LogP contribution in [-0.4, -0.2) is 56.9 Å². The van der Waals surface area contributed by atoms with Gasteiger partial charge in [-0.3, -0.25) is 0 Å². The van der Waals surface area contributed by atoms with Gasteiger partial charge in [0.15, 0.2) is 0 Å². The van der Waals surface area contributed by atoms with Crippen molar-refractivity contribution in [2.75, 3.05) is 32.0 Å². The van der Waals surface area contributed by atoms with E-state index in [2.05, 4.69) is 5.32 Å². The molecular weight excluding hydrogens is 312 g/mol. The zero-order valence-electron chi connectivity index (χ0n) is 12.5. The summed E-state index contributed by atoms with van der Waals surface area (Å²) in [5.41, 5.74) is 0. The Morgan fingerprint density at radius 3 is 2.43 bits per heavy atom. The molecule has 0 aromatic rings. The number of ether oxygens (including phenoxy) is 1. The minimum Gasteiger partial charge on any atom is -0.377 e. The van der Waals surface area contributed by atoms with Crippen molar-refractivity contribution in [3.63, 3.8) is 0 Å². The normalized spacial score (nSPS) is 32.2. The second kappa shape index (κ2) is 7.59. The molecule has 2 atom stereocenters. The minimum atomic E-state index is -3.13. The molecule has 5 nitrogen and oxygen atoms in total. The van der Waals surface area contributed by atoms with Crippen molar-refractivity contribution in [3.8, 4) is 0 Å². The van der Waals surface area contributed by atoms with E-state index >= 15 is 0 Å². The van der Waals surface area contributed by atoms with E-state index in [4.69, 9.17) is 4.74 Å². The molecule has 0 aliphatic carbocycles.